The fourth-order valence-electron chi connectivity index (χ4n) is 2.95. The summed E-state index contributed by atoms with van der Waals surface area (Å²) in [6.45, 7) is 9.01. The molecule has 2 unspecified atom stereocenters. The first-order valence-corrected chi connectivity index (χ1v) is 5.70. The van der Waals surface area contributed by atoms with Gasteiger partial charge in [-0.2, -0.15) is 0 Å². The highest BCUT2D eigenvalue weighted by atomic mass is 15.2. The molecule has 2 atom stereocenters. The van der Waals surface area contributed by atoms with Gasteiger partial charge in [-0.05, 0) is 44.8 Å². The third-order valence-electron chi connectivity index (χ3n) is 3.62. The van der Waals surface area contributed by atoms with Gasteiger partial charge < -0.3 is 9.80 Å². The molecule has 2 rings (SSSR count). The van der Waals surface area contributed by atoms with Crippen LogP contribution in [-0.2, 0) is 0 Å². The maximum absolute atomic E-state index is 2.66. The zero-order chi connectivity index (χ0) is 9.26. The zero-order valence-corrected chi connectivity index (χ0v) is 9.00. The summed E-state index contributed by atoms with van der Waals surface area (Å²) in [5.41, 5.74) is 0. The molecule has 2 aliphatic rings. The first-order valence-electron chi connectivity index (χ1n) is 5.70. The number of likely N-dealkylation sites (tertiary alicyclic amines) is 2. The summed E-state index contributed by atoms with van der Waals surface area (Å²) in [6.07, 6.45) is 2.75. The number of fused-ring (bicyclic) bond motifs is 1. The van der Waals surface area contributed by atoms with E-state index in [-0.39, 0.29) is 0 Å². The van der Waals surface area contributed by atoms with Gasteiger partial charge in [0.25, 0.3) is 0 Å². The van der Waals surface area contributed by atoms with Gasteiger partial charge in [0.15, 0.2) is 0 Å². The molecular formula is C11H22N2. The van der Waals surface area contributed by atoms with Crippen LogP contribution in [0.1, 0.15) is 19.8 Å². The molecule has 2 saturated heterocycles. The highest BCUT2D eigenvalue weighted by Gasteiger charge is 2.35. The Morgan fingerprint density at radius 1 is 1.15 bits per heavy atom. The number of nitrogens with zero attached hydrogens (tertiary/aromatic N) is 2. The van der Waals surface area contributed by atoms with Gasteiger partial charge in [0, 0.05) is 19.6 Å². The Kier molecular flexibility index (Phi) is 2.89. The minimum absolute atomic E-state index is 0.977. The third kappa shape index (κ3) is 2.05. The van der Waals surface area contributed by atoms with Crippen molar-refractivity contribution in [3.05, 3.63) is 0 Å². The van der Waals surface area contributed by atoms with Gasteiger partial charge in [-0.1, -0.05) is 6.92 Å². The Bertz CT molecular complexity index is 169. The average Bonchev–Trinajstić information content (AvgIpc) is 2.46. The van der Waals surface area contributed by atoms with Crippen molar-refractivity contribution in [3.8, 4) is 0 Å². The molecule has 0 radical (unpaired) electrons. The Morgan fingerprint density at radius 2 is 1.92 bits per heavy atom. The summed E-state index contributed by atoms with van der Waals surface area (Å²) in [5.74, 6) is 1.99. The fraction of sp³-hybridized carbons (Fsp3) is 1.00. The van der Waals surface area contributed by atoms with Crippen molar-refractivity contribution >= 4 is 0 Å². The zero-order valence-electron chi connectivity index (χ0n) is 9.00. The number of hydrogen-bond donors (Lipinski definition) is 0. The minimum atomic E-state index is 0.977. The molecule has 0 aliphatic carbocycles. The summed E-state index contributed by atoms with van der Waals surface area (Å²) in [4.78, 5) is 5.16. The maximum Gasteiger partial charge on any atom is 0.00251 e. The van der Waals surface area contributed by atoms with E-state index < -0.39 is 0 Å². The molecule has 2 heterocycles. The van der Waals surface area contributed by atoms with Gasteiger partial charge in [0.1, 0.15) is 0 Å². The van der Waals surface area contributed by atoms with E-state index in [2.05, 4.69) is 23.8 Å². The van der Waals surface area contributed by atoms with Crippen LogP contribution < -0.4 is 0 Å². The Hall–Kier alpha value is -0.0800. The van der Waals surface area contributed by atoms with Crippen molar-refractivity contribution in [2.45, 2.75) is 19.8 Å². The van der Waals surface area contributed by atoms with Crippen LogP contribution in [-0.4, -0.2) is 49.6 Å². The summed E-state index contributed by atoms with van der Waals surface area (Å²) in [6, 6.07) is 0. The lowest BCUT2D eigenvalue weighted by molar-refractivity contribution is 0.178. The van der Waals surface area contributed by atoms with Crippen LogP contribution in [0, 0.1) is 11.8 Å². The monoisotopic (exact) mass is 182 g/mol. The highest BCUT2D eigenvalue weighted by Crippen LogP contribution is 2.30. The number of hydrogen-bond acceptors (Lipinski definition) is 2. The van der Waals surface area contributed by atoms with Crippen molar-refractivity contribution in [1.82, 2.24) is 9.80 Å². The lowest BCUT2D eigenvalue weighted by atomic mass is 9.89. The van der Waals surface area contributed by atoms with Crippen LogP contribution in [0.15, 0.2) is 0 Å². The molecule has 0 spiro atoms. The Balaban J connectivity index is 1.87. The molecule has 0 aromatic carbocycles. The van der Waals surface area contributed by atoms with Gasteiger partial charge in [-0.25, -0.2) is 0 Å². The molecule has 0 N–H and O–H groups in total. The quantitative estimate of drug-likeness (QED) is 0.635. The topological polar surface area (TPSA) is 6.48 Å². The van der Waals surface area contributed by atoms with Crippen LogP contribution in [0.4, 0.5) is 0 Å². The third-order valence-corrected chi connectivity index (χ3v) is 3.62. The van der Waals surface area contributed by atoms with Gasteiger partial charge >= 0.3 is 0 Å². The van der Waals surface area contributed by atoms with Crippen LogP contribution in [0.5, 0.6) is 0 Å². The lowest BCUT2D eigenvalue weighted by Gasteiger charge is -2.31. The van der Waals surface area contributed by atoms with E-state index >= 15 is 0 Å². The van der Waals surface area contributed by atoms with Crippen LogP contribution >= 0.6 is 0 Å². The van der Waals surface area contributed by atoms with Crippen LogP contribution in [0.25, 0.3) is 0 Å². The van der Waals surface area contributed by atoms with Crippen molar-refractivity contribution < 1.29 is 0 Å². The van der Waals surface area contributed by atoms with E-state index in [0.29, 0.717) is 0 Å². The van der Waals surface area contributed by atoms with E-state index in [4.69, 9.17) is 0 Å². The Morgan fingerprint density at radius 3 is 2.69 bits per heavy atom. The predicted molar refractivity (Wildman–Crippen MR) is 55.8 cm³/mol. The maximum atomic E-state index is 2.66. The van der Waals surface area contributed by atoms with Crippen LogP contribution in [0.3, 0.4) is 0 Å². The fourth-order valence-corrected chi connectivity index (χ4v) is 2.95. The van der Waals surface area contributed by atoms with Crippen molar-refractivity contribution in [2.24, 2.45) is 11.8 Å². The molecule has 13 heavy (non-hydrogen) atoms. The summed E-state index contributed by atoms with van der Waals surface area (Å²) in [5, 5.41) is 0. The highest BCUT2D eigenvalue weighted by molar-refractivity contribution is 4.88. The van der Waals surface area contributed by atoms with Gasteiger partial charge in [-0.3, -0.25) is 0 Å². The summed E-state index contributed by atoms with van der Waals surface area (Å²) < 4.78 is 0. The molecular weight excluding hydrogens is 160 g/mol. The SMILES string of the molecule is CCCN1CC2CCN(C)CC2C1. The van der Waals surface area contributed by atoms with Gasteiger partial charge in [-0.15, -0.1) is 0 Å². The lowest BCUT2D eigenvalue weighted by Crippen LogP contribution is -2.37. The summed E-state index contributed by atoms with van der Waals surface area (Å²) in [7, 11) is 2.26. The first-order chi connectivity index (χ1) is 6.29. The van der Waals surface area contributed by atoms with Crippen LogP contribution in [0.2, 0.25) is 0 Å². The predicted octanol–water partition coefficient (Wildman–Crippen LogP) is 1.28. The molecule has 76 valence electrons. The van der Waals surface area contributed by atoms with E-state index in [0.717, 1.165) is 11.8 Å². The molecule has 0 aromatic rings. The second-order valence-electron chi connectivity index (χ2n) is 4.83. The second-order valence-corrected chi connectivity index (χ2v) is 4.83. The standard InChI is InChI=1S/C11H22N2/c1-3-5-13-8-10-4-6-12(2)7-11(10)9-13/h10-11H,3-9H2,1-2H3. The largest absolute Gasteiger partial charge is 0.306 e. The number of rotatable bonds is 2. The number of piperidine rings is 1. The molecule has 2 nitrogen and oxygen atoms in total. The molecule has 0 aromatic heterocycles. The normalized spacial score (nSPS) is 36.5. The van der Waals surface area contributed by atoms with Crippen molar-refractivity contribution in [1.29, 1.82) is 0 Å². The molecule has 2 heteroatoms. The average molecular weight is 182 g/mol. The second kappa shape index (κ2) is 3.97. The Labute approximate surface area is 81.9 Å². The van der Waals surface area contributed by atoms with E-state index in [1.54, 1.807) is 0 Å². The summed E-state index contributed by atoms with van der Waals surface area (Å²) >= 11 is 0. The van der Waals surface area contributed by atoms with E-state index in [9.17, 15) is 0 Å². The van der Waals surface area contributed by atoms with Crippen molar-refractivity contribution in [3.63, 3.8) is 0 Å². The molecule has 2 aliphatic heterocycles. The smallest absolute Gasteiger partial charge is 0.00251 e. The molecule has 0 amide bonds. The molecule has 2 fully saturated rings. The first kappa shape index (κ1) is 9.47. The minimum Gasteiger partial charge on any atom is -0.306 e. The van der Waals surface area contributed by atoms with E-state index in [1.807, 2.05) is 0 Å². The molecule has 0 bridgehead atoms. The van der Waals surface area contributed by atoms with Gasteiger partial charge in [0.05, 0.1) is 0 Å². The van der Waals surface area contributed by atoms with Gasteiger partial charge in [0.2, 0.25) is 0 Å². The van der Waals surface area contributed by atoms with Crippen molar-refractivity contribution in [2.75, 3.05) is 39.8 Å². The van der Waals surface area contributed by atoms with E-state index in [1.165, 1.54) is 45.6 Å². The molecule has 0 saturated carbocycles.